The van der Waals surface area contributed by atoms with E-state index < -0.39 is 5.91 Å². The molecule has 0 aromatic heterocycles. The fourth-order valence-electron chi connectivity index (χ4n) is 2.30. The van der Waals surface area contributed by atoms with Gasteiger partial charge in [0.15, 0.2) is 6.61 Å². The van der Waals surface area contributed by atoms with Crippen molar-refractivity contribution in [2.45, 2.75) is 0 Å². The molecule has 25 heavy (non-hydrogen) atoms. The molecule has 0 fully saturated rings. The number of nitrogens with zero attached hydrogens (tertiary/aromatic N) is 1. The molecule has 0 heterocycles. The first-order valence-corrected chi connectivity index (χ1v) is 8.26. The van der Waals surface area contributed by atoms with Gasteiger partial charge in [0.05, 0.1) is 11.2 Å². The molecule has 0 atom stereocenters. The van der Waals surface area contributed by atoms with Crippen molar-refractivity contribution in [3.63, 3.8) is 0 Å². The average molecular weight is 373 g/mol. The van der Waals surface area contributed by atoms with Gasteiger partial charge in [-0.3, -0.25) is 4.79 Å². The largest absolute Gasteiger partial charge is 0.482 e. The quantitative estimate of drug-likeness (QED) is 0.522. The standard InChI is InChI=1S/C19H14Cl2N2O2/c20-15-8-9-17(21)18(10-15)25-12-19(24)23-22-11-14-6-3-5-13-4-1-2-7-16(13)14/h1-11H,12H2,(H,23,24)/b22-11-. The summed E-state index contributed by atoms with van der Waals surface area (Å²) in [5.41, 5.74) is 3.34. The van der Waals surface area contributed by atoms with Crippen LogP contribution in [0.5, 0.6) is 5.75 Å². The van der Waals surface area contributed by atoms with Crippen LogP contribution in [0.3, 0.4) is 0 Å². The molecule has 6 heteroatoms. The Balaban J connectivity index is 1.60. The fraction of sp³-hybridized carbons (Fsp3) is 0.0526. The summed E-state index contributed by atoms with van der Waals surface area (Å²) in [5.74, 6) is -0.0464. The number of rotatable bonds is 5. The summed E-state index contributed by atoms with van der Waals surface area (Å²) >= 11 is 11.8. The summed E-state index contributed by atoms with van der Waals surface area (Å²) in [4.78, 5) is 11.8. The van der Waals surface area contributed by atoms with Crippen LogP contribution in [-0.2, 0) is 4.79 Å². The monoisotopic (exact) mass is 372 g/mol. The van der Waals surface area contributed by atoms with Crippen molar-refractivity contribution in [3.05, 3.63) is 76.3 Å². The van der Waals surface area contributed by atoms with Crippen molar-refractivity contribution in [1.82, 2.24) is 5.43 Å². The van der Waals surface area contributed by atoms with Gasteiger partial charge in [0.2, 0.25) is 0 Å². The zero-order valence-corrected chi connectivity index (χ0v) is 14.6. The van der Waals surface area contributed by atoms with Gasteiger partial charge in [-0.25, -0.2) is 5.43 Å². The van der Waals surface area contributed by atoms with Gasteiger partial charge in [0, 0.05) is 16.7 Å². The minimum absolute atomic E-state index is 0.215. The maximum atomic E-state index is 11.8. The molecule has 3 rings (SSSR count). The van der Waals surface area contributed by atoms with Crippen LogP contribution in [0, 0.1) is 0 Å². The molecule has 126 valence electrons. The summed E-state index contributed by atoms with van der Waals surface area (Å²) < 4.78 is 5.35. The lowest BCUT2D eigenvalue weighted by atomic mass is 10.1. The van der Waals surface area contributed by atoms with Crippen molar-refractivity contribution in [1.29, 1.82) is 0 Å². The van der Waals surface area contributed by atoms with E-state index in [9.17, 15) is 4.79 Å². The van der Waals surface area contributed by atoms with E-state index in [2.05, 4.69) is 10.5 Å². The number of hydrogen-bond acceptors (Lipinski definition) is 3. The lowest BCUT2D eigenvalue weighted by Gasteiger charge is -2.07. The molecule has 0 saturated heterocycles. The molecule has 0 aliphatic carbocycles. The van der Waals surface area contributed by atoms with Crippen molar-refractivity contribution in [2.75, 3.05) is 6.61 Å². The molecule has 0 radical (unpaired) electrons. The van der Waals surface area contributed by atoms with E-state index in [4.69, 9.17) is 27.9 Å². The molecule has 1 N–H and O–H groups in total. The second kappa shape index (κ2) is 8.01. The third kappa shape index (κ3) is 4.50. The van der Waals surface area contributed by atoms with Crippen LogP contribution < -0.4 is 10.2 Å². The molecule has 3 aromatic carbocycles. The number of carbonyl (C=O) groups is 1. The Kier molecular flexibility index (Phi) is 5.53. The zero-order chi connectivity index (χ0) is 17.6. The lowest BCUT2D eigenvalue weighted by Crippen LogP contribution is -2.24. The molecule has 0 spiro atoms. The normalized spacial score (nSPS) is 11.0. The Hall–Kier alpha value is -2.56. The molecule has 0 aliphatic rings. The molecular formula is C19H14Cl2N2O2. The van der Waals surface area contributed by atoms with E-state index in [1.807, 2.05) is 42.5 Å². The lowest BCUT2D eigenvalue weighted by molar-refractivity contribution is -0.123. The van der Waals surface area contributed by atoms with Crippen LogP contribution in [0.2, 0.25) is 10.0 Å². The van der Waals surface area contributed by atoms with Gasteiger partial charge in [0.25, 0.3) is 5.91 Å². The van der Waals surface area contributed by atoms with Crippen LogP contribution in [0.1, 0.15) is 5.56 Å². The molecule has 4 nitrogen and oxygen atoms in total. The minimum Gasteiger partial charge on any atom is -0.482 e. The summed E-state index contributed by atoms with van der Waals surface area (Å²) in [5, 5.41) is 7.01. The Labute approximate surface area is 155 Å². The zero-order valence-electron chi connectivity index (χ0n) is 13.1. The van der Waals surface area contributed by atoms with Crippen LogP contribution in [0.4, 0.5) is 0 Å². The average Bonchev–Trinajstić information content (AvgIpc) is 2.62. The maximum absolute atomic E-state index is 11.8. The number of amides is 1. The SMILES string of the molecule is O=C(COc1cc(Cl)ccc1Cl)N/N=C\c1cccc2ccccc12. The highest BCUT2D eigenvalue weighted by molar-refractivity contribution is 6.34. The Bertz CT molecular complexity index is 936. The van der Waals surface area contributed by atoms with Crippen LogP contribution in [-0.4, -0.2) is 18.7 Å². The highest BCUT2D eigenvalue weighted by atomic mass is 35.5. The maximum Gasteiger partial charge on any atom is 0.277 e. The van der Waals surface area contributed by atoms with Gasteiger partial charge >= 0.3 is 0 Å². The second-order valence-electron chi connectivity index (χ2n) is 5.22. The van der Waals surface area contributed by atoms with Gasteiger partial charge < -0.3 is 4.74 Å². The van der Waals surface area contributed by atoms with E-state index >= 15 is 0 Å². The highest BCUT2D eigenvalue weighted by Gasteiger charge is 2.06. The predicted molar refractivity (Wildman–Crippen MR) is 102 cm³/mol. The van der Waals surface area contributed by atoms with Crippen LogP contribution in [0.25, 0.3) is 10.8 Å². The first kappa shape index (κ1) is 17.3. The Morgan fingerprint density at radius 3 is 2.76 bits per heavy atom. The second-order valence-corrected chi connectivity index (χ2v) is 6.07. The van der Waals surface area contributed by atoms with E-state index in [-0.39, 0.29) is 6.61 Å². The smallest absolute Gasteiger partial charge is 0.277 e. The molecule has 1 amide bonds. The molecule has 0 bridgehead atoms. The summed E-state index contributed by atoms with van der Waals surface area (Å²) in [6.45, 7) is -0.215. The Morgan fingerprint density at radius 1 is 1.08 bits per heavy atom. The van der Waals surface area contributed by atoms with E-state index in [0.717, 1.165) is 16.3 Å². The van der Waals surface area contributed by atoms with E-state index in [1.165, 1.54) is 0 Å². The summed E-state index contributed by atoms with van der Waals surface area (Å²) in [7, 11) is 0. The first-order valence-electron chi connectivity index (χ1n) is 7.51. The molecule has 0 aliphatic heterocycles. The molecule has 0 unspecified atom stereocenters. The van der Waals surface area contributed by atoms with Crippen LogP contribution in [0.15, 0.2) is 65.8 Å². The Morgan fingerprint density at radius 2 is 1.88 bits per heavy atom. The van der Waals surface area contributed by atoms with Crippen molar-refractivity contribution < 1.29 is 9.53 Å². The number of hydrogen-bond donors (Lipinski definition) is 1. The minimum atomic E-state index is -0.396. The van der Waals surface area contributed by atoms with Gasteiger partial charge in [-0.05, 0) is 22.9 Å². The number of carbonyl (C=O) groups excluding carboxylic acids is 1. The third-order valence-electron chi connectivity index (χ3n) is 3.47. The van der Waals surface area contributed by atoms with Gasteiger partial charge in [0.1, 0.15) is 5.75 Å². The molecule has 0 saturated carbocycles. The first-order chi connectivity index (χ1) is 12.1. The topological polar surface area (TPSA) is 50.7 Å². The number of fused-ring (bicyclic) bond motifs is 1. The van der Waals surface area contributed by atoms with Crippen molar-refractivity contribution in [3.8, 4) is 5.75 Å². The molecule has 3 aromatic rings. The van der Waals surface area contributed by atoms with E-state index in [0.29, 0.717) is 15.8 Å². The number of benzene rings is 3. The highest BCUT2D eigenvalue weighted by Crippen LogP contribution is 2.27. The summed E-state index contributed by atoms with van der Waals surface area (Å²) in [6.07, 6.45) is 1.60. The number of ether oxygens (including phenoxy) is 1. The van der Waals surface area contributed by atoms with Crippen molar-refractivity contribution in [2.24, 2.45) is 5.10 Å². The number of halogens is 2. The third-order valence-corrected chi connectivity index (χ3v) is 4.02. The van der Waals surface area contributed by atoms with Crippen LogP contribution >= 0.6 is 23.2 Å². The van der Waals surface area contributed by atoms with Crippen molar-refractivity contribution >= 4 is 46.1 Å². The number of nitrogens with one attached hydrogen (secondary N) is 1. The summed E-state index contributed by atoms with van der Waals surface area (Å²) in [6, 6.07) is 18.7. The number of hydrazone groups is 1. The fourth-order valence-corrected chi connectivity index (χ4v) is 2.63. The van der Waals surface area contributed by atoms with Gasteiger partial charge in [-0.15, -0.1) is 0 Å². The van der Waals surface area contributed by atoms with Gasteiger partial charge in [-0.2, -0.15) is 5.10 Å². The van der Waals surface area contributed by atoms with E-state index in [1.54, 1.807) is 24.4 Å². The molecular weight excluding hydrogens is 359 g/mol. The van der Waals surface area contributed by atoms with Gasteiger partial charge in [-0.1, -0.05) is 65.7 Å². The predicted octanol–water partition coefficient (Wildman–Crippen LogP) is 4.68.